The standard InChI is InChI=1S/C15H17ClN2O3/c1-14(2,3)21-13(19)18-8-6-15(20,7-9-18)11-4-5-12(16)17-10-11/h4-10,20H,1-3H3. The van der Waals surface area contributed by atoms with Crippen LogP contribution in [-0.2, 0) is 10.3 Å². The summed E-state index contributed by atoms with van der Waals surface area (Å²) in [6.07, 6.45) is 6.88. The fourth-order valence-electron chi connectivity index (χ4n) is 1.73. The predicted octanol–water partition coefficient (Wildman–Crippen LogP) is 3.20. The monoisotopic (exact) mass is 308 g/mol. The summed E-state index contributed by atoms with van der Waals surface area (Å²) in [6, 6.07) is 3.27. The van der Waals surface area contributed by atoms with E-state index in [1.807, 2.05) is 0 Å². The quantitative estimate of drug-likeness (QED) is 0.809. The second kappa shape index (κ2) is 5.50. The molecule has 0 saturated heterocycles. The molecule has 0 bridgehead atoms. The largest absolute Gasteiger partial charge is 0.443 e. The first kappa shape index (κ1) is 15.5. The van der Waals surface area contributed by atoms with Crippen molar-refractivity contribution in [1.29, 1.82) is 0 Å². The van der Waals surface area contributed by atoms with Crippen LogP contribution in [0, 0.1) is 0 Å². The van der Waals surface area contributed by atoms with Gasteiger partial charge in [0.05, 0.1) is 0 Å². The molecule has 1 N–H and O–H groups in total. The van der Waals surface area contributed by atoms with Crippen molar-refractivity contribution in [1.82, 2.24) is 9.88 Å². The van der Waals surface area contributed by atoms with Crippen LogP contribution >= 0.6 is 11.6 Å². The molecule has 0 aliphatic carbocycles. The number of hydrogen-bond acceptors (Lipinski definition) is 4. The van der Waals surface area contributed by atoms with Gasteiger partial charge in [-0.15, -0.1) is 0 Å². The van der Waals surface area contributed by atoms with Crippen LogP contribution in [0.2, 0.25) is 5.15 Å². The summed E-state index contributed by atoms with van der Waals surface area (Å²) >= 11 is 5.72. The number of carbonyl (C=O) groups excluding carboxylic acids is 1. The minimum absolute atomic E-state index is 0.349. The molecule has 1 aliphatic heterocycles. The fraction of sp³-hybridized carbons (Fsp3) is 0.333. The normalized spacial score (nSPS) is 16.9. The smallest absolute Gasteiger partial charge is 0.418 e. The lowest BCUT2D eigenvalue weighted by atomic mass is 9.94. The van der Waals surface area contributed by atoms with Gasteiger partial charge in [0.15, 0.2) is 0 Å². The predicted molar refractivity (Wildman–Crippen MR) is 79.5 cm³/mol. The Labute approximate surface area is 128 Å². The van der Waals surface area contributed by atoms with E-state index in [-0.39, 0.29) is 0 Å². The molecule has 0 radical (unpaired) electrons. The summed E-state index contributed by atoms with van der Waals surface area (Å²) in [5.41, 5.74) is -1.34. The Morgan fingerprint density at radius 3 is 2.43 bits per heavy atom. The first-order valence-corrected chi connectivity index (χ1v) is 6.82. The number of halogens is 1. The van der Waals surface area contributed by atoms with Crippen LogP contribution in [0.15, 0.2) is 42.9 Å². The van der Waals surface area contributed by atoms with Crippen LogP contribution in [0.5, 0.6) is 0 Å². The second-order valence-corrected chi connectivity index (χ2v) is 6.10. The van der Waals surface area contributed by atoms with Crippen LogP contribution < -0.4 is 0 Å². The third-order valence-electron chi connectivity index (χ3n) is 2.77. The third-order valence-corrected chi connectivity index (χ3v) is 3.00. The van der Waals surface area contributed by atoms with E-state index in [1.54, 1.807) is 32.9 Å². The van der Waals surface area contributed by atoms with E-state index >= 15 is 0 Å². The molecule has 0 aromatic carbocycles. The average molecular weight is 309 g/mol. The molecular weight excluding hydrogens is 292 g/mol. The van der Waals surface area contributed by atoms with E-state index in [9.17, 15) is 9.90 Å². The van der Waals surface area contributed by atoms with Crippen LogP contribution in [-0.4, -0.2) is 26.7 Å². The van der Waals surface area contributed by atoms with Gasteiger partial charge in [0, 0.05) is 24.2 Å². The highest BCUT2D eigenvalue weighted by atomic mass is 35.5. The lowest BCUT2D eigenvalue weighted by Crippen LogP contribution is -2.34. The van der Waals surface area contributed by atoms with Crippen molar-refractivity contribution in [2.75, 3.05) is 0 Å². The SMILES string of the molecule is CC(C)(C)OC(=O)N1C=CC(O)(c2ccc(Cl)nc2)C=C1. The van der Waals surface area contributed by atoms with Crippen molar-refractivity contribution >= 4 is 17.7 Å². The molecule has 0 unspecified atom stereocenters. The van der Waals surface area contributed by atoms with Gasteiger partial charge in [-0.05, 0) is 39.0 Å². The number of rotatable bonds is 1. The summed E-state index contributed by atoms with van der Waals surface area (Å²) in [7, 11) is 0. The Balaban J connectivity index is 2.13. The molecule has 112 valence electrons. The molecule has 0 fully saturated rings. The molecule has 5 nitrogen and oxygen atoms in total. The van der Waals surface area contributed by atoms with Crippen LogP contribution in [0.1, 0.15) is 26.3 Å². The fourth-order valence-corrected chi connectivity index (χ4v) is 1.85. The lowest BCUT2D eigenvalue weighted by Gasteiger charge is -2.29. The van der Waals surface area contributed by atoms with E-state index in [0.717, 1.165) is 0 Å². The molecule has 6 heteroatoms. The molecule has 2 heterocycles. The number of aromatic nitrogens is 1. The van der Waals surface area contributed by atoms with Crippen molar-refractivity contribution in [3.8, 4) is 0 Å². The van der Waals surface area contributed by atoms with Crippen molar-refractivity contribution in [3.05, 3.63) is 53.6 Å². The zero-order valence-corrected chi connectivity index (χ0v) is 12.8. The highest BCUT2D eigenvalue weighted by molar-refractivity contribution is 6.29. The molecule has 21 heavy (non-hydrogen) atoms. The van der Waals surface area contributed by atoms with Gasteiger partial charge in [0.25, 0.3) is 0 Å². The second-order valence-electron chi connectivity index (χ2n) is 5.71. The summed E-state index contributed by atoms with van der Waals surface area (Å²) in [5.74, 6) is 0. The summed E-state index contributed by atoms with van der Waals surface area (Å²) in [5, 5.41) is 10.9. The van der Waals surface area contributed by atoms with Gasteiger partial charge in [-0.3, -0.25) is 4.90 Å². The number of carbonyl (C=O) groups is 1. The Bertz CT molecular complexity index is 574. The Kier molecular flexibility index (Phi) is 4.07. The van der Waals surface area contributed by atoms with E-state index in [1.165, 1.54) is 35.6 Å². The number of nitrogens with zero attached hydrogens (tertiary/aromatic N) is 2. The van der Waals surface area contributed by atoms with Crippen LogP contribution in [0.25, 0.3) is 0 Å². The summed E-state index contributed by atoms with van der Waals surface area (Å²) in [4.78, 5) is 17.1. The molecule has 2 rings (SSSR count). The average Bonchev–Trinajstić information content (AvgIpc) is 2.38. The highest BCUT2D eigenvalue weighted by Gasteiger charge is 2.29. The zero-order valence-electron chi connectivity index (χ0n) is 12.1. The minimum atomic E-state index is -1.32. The summed E-state index contributed by atoms with van der Waals surface area (Å²) in [6.45, 7) is 5.37. The zero-order chi connectivity index (χ0) is 15.7. The number of amides is 1. The molecule has 0 spiro atoms. The highest BCUT2D eigenvalue weighted by Crippen LogP contribution is 2.28. The minimum Gasteiger partial charge on any atom is -0.443 e. The topological polar surface area (TPSA) is 62.7 Å². The van der Waals surface area contributed by atoms with Crippen LogP contribution in [0.3, 0.4) is 0 Å². The Morgan fingerprint density at radius 1 is 1.33 bits per heavy atom. The van der Waals surface area contributed by atoms with Gasteiger partial charge >= 0.3 is 6.09 Å². The van der Waals surface area contributed by atoms with E-state index in [2.05, 4.69) is 4.98 Å². The van der Waals surface area contributed by atoms with Crippen LogP contribution in [0.4, 0.5) is 4.79 Å². The van der Waals surface area contributed by atoms with Crippen molar-refractivity contribution in [3.63, 3.8) is 0 Å². The Morgan fingerprint density at radius 2 is 1.95 bits per heavy atom. The lowest BCUT2D eigenvalue weighted by molar-refractivity contribution is 0.0385. The maximum atomic E-state index is 11.9. The number of pyridine rings is 1. The Hall–Kier alpha value is -1.85. The molecule has 1 aliphatic rings. The number of aliphatic hydroxyl groups is 1. The number of ether oxygens (including phenoxy) is 1. The maximum absolute atomic E-state index is 11.9. The van der Waals surface area contributed by atoms with E-state index < -0.39 is 17.3 Å². The van der Waals surface area contributed by atoms with Crippen molar-refractivity contribution < 1.29 is 14.6 Å². The molecule has 0 atom stereocenters. The van der Waals surface area contributed by atoms with E-state index in [0.29, 0.717) is 10.7 Å². The van der Waals surface area contributed by atoms with Gasteiger partial charge in [-0.1, -0.05) is 17.7 Å². The molecule has 1 amide bonds. The van der Waals surface area contributed by atoms with Gasteiger partial charge in [-0.25, -0.2) is 9.78 Å². The van der Waals surface area contributed by atoms with Gasteiger partial charge in [-0.2, -0.15) is 0 Å². The molecule has 1 aromatic rings. The number of hydrogen-bond donors (Lipinski definition) is 1. The third kappa shape index (κ3) is 3.83. The van der Waals surface area contributed by atoms with Gasteiger partial charge < -0.3 is 9.84 Å². The van der Waals surface area contributed by atoms with Gasteiger partial charge in [0.2, 0.25) is 0 Å². The maximum Gasteiger partial charge on any atom is 0.418 e. The molecule has 1 aromatic heterocycles. The first-order chi connectivity index (χ1) is 9.70. The van der Waals surface area contributed by atoms with Crippen molar-refractivity contribution in [2.45, 2.75) is 32.0 Å². The first-order valence-electron chi connectivity index (χ1n) is 6.44. The van der Waals surface area contributed by atoms with Crippen molar-refractivity contribution in [2.24, 2.45) is 0 Å². The summed E-state index contributed by atoms with van der Waals surface area (Å²) < 4.78 is 5.24. The van der Waals surface area contributed by atoms with Gasteiger partial charge in [0.1, 0.15) is 16.4 Å². The molecule has 0 saturated carbocycles. The van der Waals surface area contributed by atoms with E-state index in [4.69, 9.17) is 16.3 Å². The molecular formula is C15H17ClN2O3.